The van der Waals surface area contributed by atoms with Gasteiger partial charge in [0, 0.05) is 19.0 Å². The molecule has 1 aromatic rings. The summed E-state index contributed by atoms with van der Waals surface area (Å²) in [6.45, 7) is 5.57. The molecule has 0 unspecified atom stereocenters. The van der Waals surface area contributed by atoms with Crippen LogP contribution in [-0.4, -0.2) is 35.7 Å². The predicted molar refractivity (Wildman–Crippen MR) is 80.1 cm³/mol. The summed E-state index contributed by atoms with van der Waals surface area (Å²) >= 11 is 0. The maximum atomic E-state index is 10.6. The largest absolute Gasteiger partial charge is 0.495 e. The second kappa shape index (κ2) is 8.28. The van der Waals surface area contributed by atoms with Crippen LogP contribution in [0, 0.1) is 11.3 Å². The Morgan fingerprint density at radius 3 is 2.71 bits per heavy atom. The van der Waals surface area contributed by atoms with E-state index >= 15 is 0 Å². The molecule has 0 saturated heterocycles. The highest BCUT2D eigenvalue weighted by Crippen LogP contribution is 2.20. The number of hydrogen-bond donors (Lipinski definition) is 1. The van der Waals surface area contributed by atoms with Crippen LogP contribution in [0.2, 0.25) is 0 Å². The van der Waals surface area contributed by atoms with Crippen molar-refractivity contribution in [1.82, 2.24) is 4.90 Å². The van der Waals surface area contributed by atoms with E-state index in [1.54, 1.807) is 13.2 Å². The fraction of sp³-hybridized carbons (Fsp3) is 0.500. The molecule has 0 spiro atoms. The van der Waals surface area contributed by atoms with Crippen molar-refractivity contribution >= 4 is 5.97 Å². The van der Waals surface area contributed by atoms with Crippen LogP contribution in [0.3, 0.4) is 0 Å². The first kappa shape index (κ1) is 17.0. The third-order valence-electron chi connectivity index (χ3n) is 3.34. The Kier molecular flexibility index (Phi) is 6.70. The summed E-state index contributed by atoms with van der Waals surface area (Å²) in [4.78, 5) is 12.8. The van der Waals surface area contributed by atoms with Gasteiger partial charge in [0.2, 0.25) is 0 Å². The molecule has 114 valence electrons. The zero-order chi connectivity index (χ0) is 15.8. The average Bonchev–Trinajstić information content (AvgIpc) is 2.45. The molecule has 0 aromatic heterocycles. The fourth-order valence-electron chi connectivity index (χ4n) is 2.13. The Bertz CT molecular complexity index is 521. The number of methoxy groups -OCH3 is 1. The van der Waals surface area contributed by atoms with E-state index in [1.807, 2.05) is 12.1 Å². The Labute approximate surface area is 125 Å². The maximum Gasteiger partial charge on any atom is 0.303 e. The van der Waals surface area contributed by atoms with Crippen molar-refractivity contribution < 1.29 is 14.6 Å². The molecular formula is C16H22N2O3. The van der Waals surface area contributed by atoms with Gasteiger partial charge in [-0.05, 0) is 44.5 Å². The third kappa shape index (κ3) is 5.44. The van der Waals surface area contributed by atoms with E-state index in [9.17, 15) is 4.79 Å². The standard InChI is InChI=1S/C16H22N2O3/c1-12(2)18(8-4-5-16(19)20)11-13-6-7-15(21-3)14(9-13)10-17/h6-7,9,12H,4-5,8,11H2,1-3H3,(H,19,20). The van der Waals surface area contributed by atoms with Crippen LogP contribution in [0.1, 0.15) is 37.8 Å². The number of carboxylic acids is 1. The highest BCUT2D eigenvalue weighted by molar-refractivity contribution is 5.66. The van der Waals surface area contributed by atoms with Crippen LogP contribution in [0.25, 0.3) is 0 Å². The van der Waals surface area contributed by atoms with Gasteiger partial charge in [-0.25, -0.2) is 0 Å². The number of benzene rings is 1. The first-order valence-corrected chi connectivity index (χ1v) is 7.00. The molecule has 0 amide bonds. The smallest absolute Gasteiger partial charge is 0.303 e. The van der Waals surface area contributed by atoms with Crippen molar-refractivity contribution in [1.29, 1.82) is 5.26 Å². The number of rotatable bonds is 8. The van der Waals surface area contributed by atoms with Crippen LogP contribution in [0.15, 0.2) is 18.2 Å². The average molecular weight is 290 g/mol. The Morgan fingerprint density at radius 1 is 1.48 bits per heavy atom. The predicted octanol–water partition coefficient (Wildman–Crippen LogP) is 2.64. The fourth-order valence-corrected chi connectivity index (χ4v) is 2.13. The lowest BCUT2D eigenvalue weighted by atomic mass is 10.1. The summed E-state index contributed by atoms with van der Waals surface area (Å²) < 4.78 is 5.13. The summed E-state index contributed by atoms with van der Waals surface area (Å²) in [5, 5.41) is 17.8. The van der Waals surface area contributed by atoms with E-state index in [0.717, 1.165) is 12.1 Å². The lowest BCUT2D eigenvalue weighted by Gasteiger charge is -2.26. The SMILES string of the molecule is COc1ccc(CN(CCCC(=O)O)C(C)C)cc1C#N. The van der Waals surface area contributed by atoms with E-state index < -0.39 is 5.97 Å². The van der Waals surface area contributed by atoms with Gasteiger partial charge in [-0.2, -0.15) is 5.26 Å². The van der Waals surface area contributed by atoms with Gasteiger partial charge in [-0.1, -0.05) is 6.07 Å². The van der Waals surface area contributed by atoms with Gasteiger partial charge < -0.3 is 9.84 Å². The second-order valence-electron chi connectivity index (χ2n) is 5.21. The Hall–Kier alpha value is -2.06. The molecule has 1 N–H and O–H groups in total. The molecule has 0 saturated carbocycles. The normalized spacial score (nSPS) is 10.7. The Morgan fingerprint density at radius 2 is 2.19 bits per heavy atom. The van der Waals surface area contributed by atoms with Crippen LogP contribution in [-0.2, 0) is 11.3 Å². The zero-order valence-corrected chi connectivity index (χ0v) is 12.8. The molecule has 0 heterocycles. The monoisotopic (exact) mass is 290 g/mol. The molecule has 0 bridgehead atoms. The van der Waals surface area contributed by atoms with Crippen molar-refractivity contribution in [3.63, 3.8) is 0 Å². The van der Waals surface area contributed by atoms with Crippen LogP contribution >= 0.6 is 0 Å². The van der Waals surface area contributed by atoms with E-state index in [1.165, 1.54) is 0 Å². The van der Waals surface area contributed by atoms with E-state index in [4.69, 9.17) is 15.1 Å². The van der Waals surface area contributed by atoms with Crippen LogP contribution in [0.4, 0.5) is 0 Å². The molecule has 0 radical (unpaired) electrons. The minimum Gasteiger partial charge on any atom is -0.495 e. The van der Waals surface area contributed by atoms with Gasteiger partial charge in [0.25, 0.3) is 0 Å². The highest BCUT2D eigenvalue weighted by Gasteiger charge is 2.12. The number of nitrogens with zero attached hydrogens (tertiary/aromatic N) is 2. The van der Waals surface area contributed by atoms with Crippen molar-refractivity contribution in [2.24, 2.45) is 0 Å². The molecule has 0 aliphatic carbocycles. The molecule has 1 aromatic carbocycles. The number of aliphatic carboxylic acids is 1. The summed E-state index contributed by atoms with van der Waals surface area (Å²) in [5.41, 5.74) is 1.54. The Balaban J connectivity index is 2.75. The van der Waals surface area contributed by atoms with Crippen LogP contribution < -0.4 is 4.74 Å². The molecule has 0 atom stereocenters. The number of ether oxygens (including phenoxy) is 1. The van der Waals surface area contributed by atoms with Gasteiger partial charge in [-0.3, -0.25) is 9.69 Å². The topological polar surface area (TPSA) is 73.6 Å². The van der Waals surface area contributed by atoms with Crippen molar-refractivity contribution in [3.05, 3.63) is 29.3 Å². The van der Waals surface area contributed by atoms with E-state index in [2.05, 4.69) is 24.8 Å². The van der Waals surface area contributed by atoms with Crippen molar-refractivity contribution in [2.75, 3.05) is 13.7 Å². The quantitative estimate of drug-likeness (QED) is 0.796. The second-order valence-corrected chi connectivity index (χ2v) is 5.21. The first-order chi connectivity index (χ1) is 9.97. The molecule has 21 heavy (non-hydrogen) atoms. The minimum atomic E-state index is -0.769. The van der Waals surface area contributed by atoms with Gasteiger partial charge >= 0.3 is 5.97 Å². The van der Waals surface area contributed by atoms with Crippen molar-refractivity contribution in [2.45, 2.75) is 39.3 Å². The van der Waals surface area contributed by atoms with E-state index in [-0.39, 0.29) is 6.42 Å². The minimum absolute atomic E-state index is 0.176. The zero-order valence-electron chi connectivity index (χ0n) is 12.8. The summed E-state index contributed by atoms with van der Waals surface area (Å²) in [6.07, 6.45) is 0.796. The summed E-state index contributed by atoms with van der Waals surface area (Å²) in [5.74, 6) is -0.196. The lowest BCUT2D eigenvalue weighted by Crippen LogP contribution is -2.31. The molecule has 5 heteroatoms. The van der Waals surface area contributed by atoms with Crippen molar-refractivity contribution in [3.8, 4) is 11.8 Å². The molecule has 0 aliphatic heterocycles. The lowest BCUT2D eigenvalue weighted by molar-refractivity contribution is -0.137. The third-order valence-corrected chi connectivity index (χ3v) is 3.34. The van der Waals surface area contributed by atoms with Gasteiger partial charge in [0.05, 0.1) is 12.7 Å². The molecule has 5 nitrogen and oxygen atoms in total. The highest BCUT2D eigenvalue weighted by atomic mass is 16.5. The maximum absolute atomic E-state index is 10.6. The number of carboxylic acid groups (broad SMARTS) is 1. The van der Waals surface area contributed by atoms with Gasteiger partial charge in [0.1, 0.15) is 11.8 Å². The van der Waals surface area contributed by atoms with Gasteiger partial charge in [0.15, 0.2) is 0 Å². The molecule has 0 fully saturated rings. The van der Waals surface area contributed by atoms with E-state index in [0.29, 0.717) is 30.3 Å². The molecular weight excluding hydrogens is 268 g/mol. The van der Waals surface area contributed by atoms with Crippen LogP contribution in [0.5, 0.6) is 5.75 Å². The molecule has 1 rings (SSSR count). The summed E-state index contributed by atoms with van der Waals surface area (Å²) in [6, 6.07) is 7.99. The number of nitriles is 1. The van der Waals surface area contributed by atoms with Gasteiger partial charge in [-0.15, -0.1) is 0 Å². The number of hydrogen-bond acceptors (Lipinski definition) is 4. The first-order valence-electron chi connectivity index (χ1n) is 7.00. The molecule has 0 aliphatic rings. The summed E-state index contributed by atoms with van der Waals surface area (Å²) in [7, 11) is 1.54. The number of carbonyl (C=O) groups is 1.